The molecule has 1 fully saturated rings. The summed E-state index contributed by atoms with van der Waals surface area (Å²) >= 11 is 0. The SMILES string of the molecule is CCCN(C)Cc1nc(-c2ccc(N3CCOCC3)nc2)no1. The van der Waals surface area contributed by atoms with Crippen LogP contribution in [0.15, 0.2) is 22.9 Å². The van der Waals surface area contributed by atoms with Gasteiger partial charge in [-0.3, -0.25) is 4.90 Å². The third-order valence-corrected chi connectivity index (χ3v) is 3.82. The highest BCUT2D eigenvalue weighted by molar-refractivity contribution is 5.55. The Bertz CT molecular complexity index is 607. The molecule has 3 rings (SSSR count). The van der Waals surface area contributed by atoms with Gasteiger partial charge in [-0.15, -0.1) is 0 Å². The summed E-state index contributed by atoms with van der Waals surface area (Å²) in [6, 6.07) is 3.99. The number of anilines is 1. The van der Waals surface area contributed by atoms with Gasteiger partial charge in [0.15, 0.2) is 0 Å². The van der Waals surface area contributed by atoms with Crippen LogP contribution in [-0.4, -0.2) is 59.9 Å². The van der Waals surface area contributed by atoms with Crippen molar-refractivity contribution in [1.29, 1.82) is 0 Å². The molecule has 0 aromatic carbocycles. The van der Waals surface area contributed by atoms with Gasteiger partial charge in [-0.05, 0) is 32.1 Å². The number of hydrogen-bond donors (Lipinski definition) is 0. The van der Waals surface area contributed by atoms with E-state index in [0.29, 0.717) is 18.3 Å². The standard InChI is InChI=1S/C16H23N5O2/c1-3-6-20(2)12-15-18-16(19-23-15)13-4-5-14(17-11-13)21-7-9-22-10-8-21/h4-5,11H,3,6-10,12H2,1-2H3. The summed E-state index contributed by atoms with van der Waals surface area (Å²) in [7, 11) is 2.05. The van der Waals surface area contributed by atoms with E-state index in [4.69, 9.17) is 9.26 Å². The second kappa shape index (κ2) is 7.52. The molecule has 124 valence electrons. The van der Waals surface area contributed by atoms with Gasteiger partial charge in [-0.1, -0.05) is 12.1 Å². The van der Waals surface area contributed by atoms with Crippen molar-refractivity contribution in [2.75, 3.05) is 44.8 Å². The molecule has 2 aromatic rings. The Morgan fingerprint density at radius 2 is 2.09 bits per heavy atom. The van der Waals surface area contributed by atoms with Crippen LogP contribution in [0.2, 0.25) is 0 Å². The maximum atomic E-state index is 5.36. The molecule has 0 unspecified atom stereocenters. The topological polar surface area (TPSA) is 67.5 Å². The summed E-state index contributed by atoms with van der Waals surface area (Å²) in [4.78, 5) is 13.3. The Balaban J connectivity index is 1.66. The third kappa shape index (κ3) is 4.05. The first-order valence-corrected chi connectivity index (χ1v) is 8.06. The summed E-state index contributed by atoms with van der Waals surface area (Å²) in [5, 5.41) is 4.06. The molecule has 0 radical (unpaired) electrons. The molecule has 0 atom stereocenters. The number of rotatable bonds is 6. The van der Waals surface area contributed by atoms with Crippen LogP contribution in [0.1, 0.15) is 19.2 Å². The van der Waals surface area contributed by atoms with Crippen LogP contribution in [0, 0.1) is 0 Å². The third-order valence-electron chi connectivity index (χ3n) is 3.82. The molecule has 0 bridgehead atoms. The molecule has 1 aliphatic rings. The zero-order chi connectivity index (χ0) is 16.1. The number of pyridine rings is 1. The minimum atomic E-state index is 0.589. The molecule has 3 heterocycles. The van der Waals surface area contributed by atoms with E-state index in [2.05, 4.69) is 31.8 Å². The van der Waals surface area contributed by atoms with E-state index in [0.717, 1.165) is 50.7 Å². The van der Waals surface area contributed by atoms with Crippen molar-refractivity contribution >= 4 is 5.82 Å². The Labute approximate surface area is 136 Å². The predicted molar refractivity (Wildman–Crippen MR) is 87.2 cm³/mol. The average Bonchev–Trinajstić information content (AvgIpc) is 3.04. The van der Waals surface area contributed by atoms with E-state index in [9.17, 15) is 0 Å². The Hall–Kier alpha value is -1.99. The van der Waals surface area contributed by atoms with Crippen LogP contribution in [0.25, 0.3) is 11.4 Å². The van der Waals surface area contributed by atoms with Crippen molar-refractivity contribution in [2.24, 2.45) is 0 Å². The fraction of sp³-hybridized carbons (Fsp3) is 0.562. The maximum Gasteiger partial charge on any atom is 0.241 e. The number of ether oxygens (including phenoxy) is 1. The summed E-state index contributed by atoms with van der Waals surface area (Å²) in [5.74, 6) is 2.18. The zero-order valence-electron chi connectivity index (χ0n) is 13.7. The van der Waals surface area contributed by atoms with Gasteiger partial charge in [0.1, 0.15) is 5.82 Å². The van der Waals surface area contributed by atoms with Gasteiger partial charge in [0, 0.05) is 24.8 Å². The minimum absolute atomic E-state index is 0.589. The number of hydrogen-bond acceptors (Lipinski definition) is 7. The smallest absolute Gasteiger partial charge is 0.241 e. The molecular weight excluding hydrogens is 294 g/mol. The van der Waals surface area contributed by atoms with E-state index in [1.54, 1.807) is 6.20 Å². The van der Waals surface area contributed by atoms with Crippen LogP contribution >= 0.6 is 0 Å². The Morgan fingerprint density at radius 3 is 2.78 bits per heavy atom. The lowest BCUT2D eigenvalue weighted by Crippen LogP contribution is -2.36. The molecule has 0 N–H and O–H groups in total. The molecule has 7 heteroatoms. The monoisotopic (exact) mass is 317 g/mol. The molecule has 0 saturated carbocycles. The number of nitrogens with zero attached hydrogens (tertiary/aromatic N) is 5. The highest BCUT2D eigenvalue weighted by atomic mass is 16.5. The second-order valence-electron chi connectivity index (χ2n) is 5.75. The highest BCUT2D eigenvalue weighted by Gasteiger charge is 2.14. The molecule has 1 saturated heterocycles. The van der Waals surface area contributed by atoms with Crippen molar-refractivity contribution in [3.8, 4) is 11.4 Å². The molecule has 23 heavy (non-hydrogen) atoms. The Kier molecular flexibility index (Phi) is 5.19. The van der Waals surface area contributed by atoms with Crippen LogP contribution in [0.5, 0.6) is 0 Å². The molecule has 7 nitrogen and oxygen atoms in total. The van der Waals surface area contributed by atoms with Crippen LogP contribution in [0.4, 0.5) is 5.82 Å². The van der Waals surface area contributed by atoms with Crippen LogP contribution < -0.4 is 4.90 Å². The van der Waals surface area contributed by atoms with Gasteiger partial charge in [-0.25, -0.2) is 4.98 Å². The molecule has 0 amide bonds. The number of morpholine rings is 1. The van der Waals surface area contributed by atoms with Gasteiger partial charge >= 0.3 is 0 Å². The molecular formula is C16H23N5O2. The van der Waals surface area contributed by atoms with Gasteiger partial charge in [0.25, 0.3) is 0 Å². The summed E-state index contributed by atoms with van der Waals surface area (Å²) in [5.41, 5.74) is 0.871. The van der Waals surface area contributed by atoms with E-state index in [1.165, 1.54) is 0 Å². The van der Waals surface area contributed by atoms with Crippen LogP contribution in [0.3, 0.4) is 0 Å². The zero-order valence-corrected chi connectivity index (χ0v) is 13.7. The van der Waals surface area contributed by atoms with E-state index in [1.807, 2.05) is 19.2 Å². The first-order valence-electron chi connectivity index (χ1n) is 8.06. The molecule has 0 aliphatic carbocycles. The highest BCUT2D eigenvalue weighted by Crippen LogP contribution is 2.19. The van der Waals surface area contributed by atoms with Crippen molar-refractivity contribution in [2.45, 2.75) is 19.9 Å². The van der Waals surface area contributed by atoms with E-state index in [-0.39, 0.29) is 0 Å². The molecule has 0 spiro atoms. The fourth-order valence-electron chi connectivity index (χ4n) is 2.63. The maximum absolute atomic E-state index is 5.36. The largest absolute Gasteiger partial charge is 0.378 e. The average molecular weight is 317 g/mol. The lowest BCUT2D eigenvalue weighted by Gasteiger charge is -2.27. The van der Waals surface area contributed by atoms with E-state index >= 15 is 0 Å². The van der Waals surface area contributed by atoms with Crippen molar-refractivity contribution < 1.29 is 9.26 Å². The second-order valence-corrected chi connectivity index (χ2v) is 5.75. The first-order chi connectivity index (χ1) is 11.3. The Morgan fingerprint density at radius 1 is 1.26 bits per heavy atom. The van der Waals surface area contributed by atoms with Crippen LogP contribution in [-0.2, 0) is 11.3 Å². The van der Waals surface area contributed by atoms with E-state index < -0.39 is 0 Å². The minimum Gasteiger partial charge on any atom is -0.378 e. The molecule has 2 aromatic heterocycles. The normalized spacial score (nSPS) is 15.3. The summed E-state index contributed by atoms with van der Waals surface area (Å²) < 4.78 is 10.7. The van der Waals surface area contributed by atoms with Gasteiger partial charge in [0.05, 0.1) is 19.8 Å². The van der Waals surface area contributed by atoms with Gasteiger partial charge < -0.3 is 14.2 Å². The van der Waals surface area contributed by atoms with Crippen molar-refractivity contribution in [1.82, 2.24) is 20.0 Å². The predicted octanol–water partition coefficient (Wildman–Crippen LogP) is 1.81. The lowest BCUT2D eigenvalue weighted by molar-refractivity contribution is 0.122. The quantitative estimate of drug-likeness (QED) is 0.805. The fourth-order valence-corrected chi connectivity index (χ4v) is 2.63. The van der Waals surface area contributed by atoms with Gasteiger partial charge in [-0.2, -0.15) is 4.98 Å². The first kappa shape index (κ1) is 15.9. The summed E-state index contributed by atoms with van der Waals surface area (Å²) in [6.07, 6.45) is 2.90. The van der Waals surface area contributed by atoms with Gasteiger partial charge in [0.2, 0.25) is 11.7 Å². The van der Waals surface area contributed by atoms with Crippen molar-refractivity contribution in [3.63, 3.8) is 0 Å². The number of aromatic nitrogens is 3. The lowest BCUT2D eigenvalue weighted by atomic mass is 10.2. The van der Waals surface area contributed by atoms with Crippen molar-refractivity contribution in [3.05, 3.63) is 24.2 Å². The molecule has 1 aliphatic heterocycles. The summed E-state index contributed by atoms with van der Waals surface area (Å²) in [6.45, 7) is 7.09.